The molecule has 2 N–H and O–H groups in total. The fourth-order valence-electron chi connectivity index (χ4n) is 2.50. The standard InChI is InChI=1S/C19H21ClN6O2S2/c1-11-10-29-18(21-11)23-17(28)12(2)30-19-25-24-15(26(19)3)8-9-16(27)22-14-7-5-4-6-13(14)20/h4-7,10,12H,8-9H2,1-3H3,(H,22,27)(H,21,23,28)/t12-/m0/s1. The van der Waals surface area contributed by atoms with Gasteiger partial charge in [0.2, 0.25) is 11.8 Å². The molecule has 1 aromatic carbocycles. The summed E-state index contributed by atoms with van der Waals surface area (Å²) in [6.07, 6.45) is 0.653. The lowest BCUT2D eigenvalue weighted by molar-refractivity contribution is -0.116. The molecule has 11 heteroatoms. The van der Waals surface area contributed by atoms with Crippen LogP contribution in [0.4, 0.5) is 10.8 Å². The first-order chi connectivity index (χ1) is 14.3. The normalized spacial score (nSPS) is 11.9. The Hall–Kier alpha value is -2.43. The second-order valence-electron chi connectivity index (χ2n) is 6.53. The van der Waals surface area contributed by atoms with Crippen LogP contribution in [0.2, 0.25) is 5.02 Å². The maximum Gasteiger partial charge on any atom is 0.239 e. The van der Waals surface area contributed by atoms with E-state index in [1.54, 1.807) is 35.8 Å². The van der Waals surface area contributed by atoms with Crippen LogP contribution in [-0.4, -0.2) is 36.8 Å². The summed E-state index contributed by atoms with van der Waals surface area (Å²) in [5.41, 5.74) is 1.45. The Balaban J connectivity index is 1.53. The fourth-order valence-corrected chi connectivity index (χ4v) is 4.20. The van der Waals surface area contributed by atoms with Gasteiger partial charge in [-0.15, -0.1) is 21.5 Å². The largest absolute Gasteiger partial charge is 0.325 e. The van der Waals surface area contributed by atoms with Gasteiger partial charge in [0, 0.05) is 25.3 Å². The van der Waals surface area contributed by atoms with Gasteiger partial charge in [-0.25, -0.2) is 4.98 Å². The van der Waals surface area contributed by atoms with Gasteiger partial charge in [0.1, 0.15) is 5.82 Å². The molecule has 8 nitrogen and oxygen atoms in total. The lowest BCUT2D eigenvalue weighted by Crippen LogP contribution is -2.22. The highest BCUT2D eigenvalue weighted by molar-refractivity contribution is 8.00. The quantitative estimate of drug-likeness (QED) is 0.490. The first kappa shape index (κ1) is 22.3. The molecule has 2 aromatic heterocycles. The van der Waals surface area contributed by atoms with Gasteiger partial charge in [-0.2, -0.15) is 0 Å². The van der Waals surface area contributed by atoms with Crippen LogP contribution in [0, 0.1) is 6.92 Å². The van der Waals surface area contributed by atoms with Crippen molar-refractivity contribution in [1.82, 2.24) is 19.7 Å². The number of anilines is 2. The first-order valence-electron chi connectivity index (χ1n) is 9.15. The zero-order valence-corrected chi connectivity index (χ0v) is 19.1. The number of nitrogens with zero attached hydrogens (tertiary/aromatic N) is 4. The van der Waals surface area contributed by atoms with Crippen molar-refractivity contribution in [3.8, 4) is 0 Å². The van der Waals surface area contributed by atoms with Gasteiger partial charge in [0.05, 0.1) is 21.7 Å². The number of thioether (sulfide) groups is 1. The number of thiazole rings is 1. The second kappa shape index (κ2) is 10.1. The molecule has 0 aliphatic rings. The van der Waals surface area contributed by atoms with Crippen LogP contribution < -0.4 is 10.6 Å². The number of amides is 2. The van der Waals surface area contributed by atoms with Crippen LogP contribution in [-0.2, 0) is 23.1 Å². The Labute approximate surface area is 187 Å². The monoisotopic (exact) mass is 464 g/mol. The molecule has 30 heavy (non-hydrogen) atoms. The van der Waals surface area contributed by atoms with E-state index in [0.29, 0.717) is 33.2 Å². The van der Waals surface area contributed by atoms with E-state index >= 15 is 0 Å². The number of halogens is 1. The number of nitrogens with one attached hydrogen (secondary N) is 2. The summed E-state index contributed by atoms with van der Waals surface area (Å²) in [6, 6.07) is 7.07. The highest BCUT2D eigenvalue weighted by Crippen LogP contribution is 2.24. The highest BCUT2D eigenvalue weighted by Gasteiger charge is 2.20. The minimum absolute atomic E-state index is 0.155. The van der Waals surface area contributed by atoms with Crippen LogP contribution in [0.1, 0.15) is 24.9 Å². The molecule has 0 bridgehead atoms. The molecular formula is C19H21ClN6O2S2. The van der Waals surface area contributed by atoms with Crippen LogP contribution in [0.3, 0.4) is 0 Å². The molecule has 0 saturated heterocycles. The Bertz CT molecular complexity index is 1050. The van der Waals surface area contributed by atoms with E-state index in [1.807, 2.05) is 19.4 Å². The summed E-state index contributed by atoms with van der Waals surface area (Å²) in [7, 11) is 1.82. The molecule has 3 rings (SSSR count). The van der Waals surface area contributed by atoms with E-state index < -0.39 is 0 Å². The molecule has 0 saturated carbocycles. The third kappa shape index (κ3) is 5.80. The lowest BCUT2D eigenvalue weighted by atomic mass is 10.2. The van der Waals surface area contributed by atoms with Crippen molar-refractivity contribution >= 4 is 57.3 Å². The third-order valence-electron chi connectivity index (χ3n) is 4.15. The number of carbonyl (C=O) groups is 2. The van der Waals surface area contributed by atoms with Crippen molar-refractivity contribution < 1.29 is 9.59 Å². The average molecular weight is 465 g/mol. The van der Waals surface area contributed by atoms with Crippen LogP contribution in [0.25, 0.3) is 0 Å². The van der Waals surface area contributed by atoms with Crippen molar-refractivity contribution in [3.05, 3.63) is 46.2 Å². The van der Waals surface area contributed by atoms with Crippen molar-refractivity contribution in [2.45, 2.75) is 37.1 Å². The van der Waals surface area contributed by atoms with E-state index in [1.165, 1.54) is 23.1 Å². The topological polar surface area (TPSA) is 102 Å². The van der Waals surface area contributed by atoms with E-state index in [9.17, 15) is 9.59 Å². The van der Waals surface area contributed by atoms with Crippen molar-refractivity contribution in [2.24, 2.45) is 7.05 Å². The van der Waals surface area contributed by atoms with E-state index in [4.69, 9.17) is 11.6 Å². The Morgan fingerprint density at radius 2 is 2.03 bits per heavy atom. The number of aryl methyl sites for hydroxylation is 2. The number of hydrogen-bond donors (Lipinski definition) is 2. The lowest BCUT2D eigenvalue weighted by Gasteiger charge is -2.10. The molecule has 3 aromatic rings. The molecule has 0 radical (unpaired) electrons. The van der Waals surface area contributed by atoms with Crippen LogP contribution in [0.5, 0.6) is 0 Å². The molecule has 1 atom stereocenters. The van der Waals surface area contributed by atoms with Gasteiger partial charge in [0.25, 0.3) is 0 Å². The van der Waals surface area contributed by atoms with E-state index in [0.717, 1.165) is 5.69 Å². The smallest absolute Gasteiger partial charge is 0.239 e. The number of carbonyl (C=O) groups excluding carboxylic acids is 2. The summed E-state index contributed by atoms with van der Waals surface area (Å²) < 4.78 is 1.80. The summed E-state index contributed by atoms with van der Waals surface area (Å²) in [4.78, 5) is 28.8. The van der Waals surface area contributed by atoms with Crippen LogP contribution >= 0.6 is 34.7 Å². The zero-order chi connectivity index (χ0) is 21.7. The summed E-state index contributed by atoms with van der Waals surface area (Å²) in [5, 5.41) is 17.1. The predicted octanol–water partition coefficient (Wildman–Crippen LogP) is 3.92. The predicted molar refractivity (Wildman–Crippen MR) is 120 cm³/mol. The molecule has 0 spiro atoms. The first-order valence-corrected chi connectivity index (χ1v) is 11.3. The summed E-state index contributed by atoms with van der Waals surface area (Å²) in [5.74, 6) is 0.347. The minimum atomic E-state index is -0.381. The molecule has 158 valence electrons. The Morgan fingerprint density at radius 1 is 1.27 bits per heavy atom. The molecule has 0 unspecified atom stereocenters. The van der Waals surface area contributed by atoms with Crippen molar-refractivity contribution in [2.75, 3.05) is 10.6 Å². The van der Waals surface area contributed by atoms with E-state index in [2.05, 4.69) is 25.8 Å². The Kier molecular flexibility index (Phi) is 7.46. The average Bonchev–Trinajstić information content (AvgIpc) is 3.27. The number of benzene rings is 1. The van der Waals surface area contributed by atoms with Gasteiger partial charge in [0.15, 0.2) is 10.3 Å². The molecule has 0 aliphatic heterocycles. The Morgan fingerprint density at radius 3 is 2.73 bits per heavy atom. The third-order valence-corrected chi connectivity index (χ3v) is 6.49. The summed E-state index contributed by atoms with van der Waals surface area (Å²) in [6.45, 7) is 3.67. The molecule has 2 heterocycles. The molecule has 0 aliphatic carbocycles. The molecular weight excluding hydrogens is 444 g/mol. The minimum Gasteiger partial charge on any atom is -0.325 e. The fraction of sp³-hybridized carbons (Fsp3) is 0.316. The van der Waals surface area contributed by atoms with E-state index in [-0.39, 0.29) is 23.5 Å². The number of hydrogen-bond acceptors (Lipinski definition) is 7. The van der Waals surface area contributed by atoms with Gasteiger partial charge in [-0.05, 0) is 26.0 Å². The second-order valence-corrected chi connectivity index (χ2v) is 9.10. The van der Waals surface area contributed by atoms with Gasteiger partial charge in [-0.3, -0.25) is 9.59 Å². The molecule has 2 amide bonds. The summed E-state index contributed by atoms with van der Waals surface area (Å²) >= 11 is 8.75. The van der Waals surface area contributed by atoms with Crippen molar-refractivity contribution in [1.29, 1.82) is 0 Å². The van der Waals surface area contributed by atoms with Gasteiger partial charge in [-0.1, -0.05) is 35.5 Å². The highest BCUT2D eigenvalue weighted by atomic mass is 35.5. The SMILES string of the molecule is Cc1csc(NC(=O)[C@H](C)Sc2nnc(CCC(=O)Nc3ccccc3Cl)n2C)n1. The maximum absolute atomic E-state index is 12.4. The van der Waals surface area contributed by atoms with Gasteiger partial charge < -0.3 is 15.2 Å². The van der Waals surface area contributed by atoms with Crippen molar-refractivity contribution in [3.63, 3.8) is 0 Å². The number of rotatable bonds is 8. The maximum atomic E-state index is 12.4. The van der Waals surface area contributed by atoms with Gasteiger partial charge >= 0.3 is 0 Å². The number of para-hydroxylation sites is 1. The zero-order valence-electron chi connectivity index (χ0n) is 16.7. The van der Waals surface area contributed by atoms with Crippen LogP contribution in [0.15, 0.2) is 34.8 Å². The number of aromatic nitrogens is 4. The molecule has 0 fully saturated rings.